The number of rotatable bonds is 3. The van der Waals surface area contributed by atoms with Gasteiger partial charge in [0.2, 0.25) is 5.91 Å². The van der Waals surface area contributed by atoms with Crippen LogP contribution in [0.15, 0.2) is 30.3 Å². The second kappa shape index (κ2) is 5.93. The van der Waals surface area contributed by atoms with Crippen molar-refractivity contribution in [1.29, 1.82) is 0 Å². The van der Waals surface area contributed by atoms with Crippen LogP contribution in [0.25, 0.3) is 10.8 Å². The van der Waals surface area contributed by atoms with Crippen molar-refractivity contribution in [1.82, 2.24) is 10.2 Å². The van der Waals surface area contributed by atoms with Crippen molar-refractivity contribution in [2.24, 2.45) is 0 Å². The molecule has 0 heterocycles. The summed E-state index contributed by atoms with van der Waals surface area (Å²) in [5.74, 6) is -0.265. The molecule has 2 aromatic carbocycles. The normalized spacial score (nSPS) is 13.2. The molecular weight excluding hydrogens is 300 g/mol. The fourth-order valence-electron chi connectivity index (χ4n) is 3.38. The van der Waals surface area contributed by atoms with Crippen molar-refractivity contribution < 1.29 is 9.59 Å². The fourth-order valence-corrected chi connectivity index (χ4v) is 3.38. The highest BCUT2D eigenvalue weighted by molar-refractivity contribution is 6.09. The van der Waals surface area contributed by atoms with E-state index >= 15 is 0 Å². The third-order valence-corrected chi connectivity index (χ3v) is 4.35. The highest BCUT2D eigenvalue weighted by Gasteiger charge is 2.22. The highest BCUT2D eigenvalue weighted by Crippen LogP contribution is 2.33. The average molecular weight is 324 g/mol. The lowest BCUT2D eigenvalue weighted by atomic mass is 9.99. The molecule has 1 aliphatic carbocycles. The van der Waals surface area contributed by atoms with Crippen LogP contribution in [0, 0.1) is 0 Å². The van der Waals surface area contributed by atoms with Crippen LogP contribution in [-0.2, 0) is 17.6 Å². The molecule has 2 amide bonds. The largest absolute Gasteiger partial charge is 0.350 e. The lowest BCUT2D eigenvalue weighted by molar-refractivity contribution is -0.122. The Bertz CT molecular complexity index is 808. The Kier molecular flexibility index (Phi) is 4.08. The molecule has 0 saturated heterocycles. The van der Waals surface area contributed by atoms with E-state index in [9.17, 15) is 9.59 Å². The van der Waals surface area contributed by atoms with Gasteiger partial charge in [-0.05, 0) is 61.6 Å². The van der Waals surface area contributed by atoms with Crippen molar-refractivity contribution in [3.8, 4) is 0 Å². The number of carbonyl (C=O) groups excluding carboxylic acids is 2. The van der Waals surface area contributed by atoms with Crippen LogP contribution >= 0.6 is 0 Å². The number of carbonyl (C=O) groups is 2. The Morgan fingerprint density at radius 1 is 1.08 bits per heavy atom. The van der Waals surface area contributed by atoms with E-state index in [0.717, 1.165) is 18.2 Å². The number of aryl methyl sites for hydroxylation is 2. The predicted octanol–water partition coefficient (Wildman–Crippen LogP) is 2.93. The summed E-state index contributed by atoms with van der Waals surface area (Å²) in [6, 6.07) is 10.1. The van der Waals surface area contributed by atoms with Gasteiger partial charge in [-0.2, -0.15) is 0 Å². The molecule has 0 saturated carbocycles. The zero-order chi connectivity index (χ0) is 17.5. The third kappa shape index (κ3) is 3.14. The van der Waals surface area contributed by atoms with Crippen LogP contribution in [0.5, 0.6) is 0 Å². The fraction of sp³-hybridized carbons (Fsp3) is 0.400. The molecule has 24 heavy (non-hydrogen) atoms. The van der Waals surface area contributed by atoms with Crippen LogP contribution in [0.4, 0.5) is 0 Å². The molecule has 4 heteroatoms. The van der Waals surface area contributed by atoms with Gasteiger partial charge in [-0.3, -0.25) is 9.59 Å². The molecule has 0 aromatic heterocycles. The van der Waals surface area contributed by atoms with Gasteiger partial charge >= 0.3 is 0 Å². The van der Waals surface area contributed by atoms with Gasteiger partial charge < -0.3 is 10.2 Å². The topological polar surface area (TPSA) is 49.4 Å². The van der Waals surface area contributed by atoms with E-state index in [1.807, 2.05) is 39.0 Å². The maximum atomic E-state index is 12.8. The summed E-state index contributed by atoms with van der Waals surface area (Å²) in [6.07, 6.45) is 2.07. The quantitative estimate of drug-likeness (QED) is 0.944. The van der Waals surface area contributed by atoms with Crippen LogP contribution in [-0.4, -0.2) is 35.8 Å². The standard InChI is InChI=1S/C20H24N2O2/c1-20(2,3)21-17(23)12-22(4)19(24)16-11-10-14-9-8-13-6-5-7-15(16)18(13)14/h5-7,10-11H,8-9,12H2,1-4H3,(H,21,23). The second-order valence-corrected chi connectivity index (χ2v) is 7.57. The first-order valence-electron chi connectivity index (χ1n) is 8.36. The van der Waals surface area contributed by atoms with E-state index in [0.29, 0.717) is 5.56 Å². The Hall–Kier alpha value is -2.36. The summed E-state index contributed by atoms with van der Waals surface area (Å²) in [5.41, 5.74) is 2.99. The summed E-state index contributed by atoms with van der Waals surface area (Å²) in [6.45, 7) is 5.83. The van der Waals surface area contributed by atoms with Gasteiger partial charge in [-0.1, -0.05) is 24.3 Å². The molecule has 126 valence electrons. The molecule has 0 atom stereocenters. The zero-order valence-corrected chi connectivity index (χ0v) is 14.8. The smallest absolute Gasteiger partial charge is 0.254 e. The van der Waals surface area contributed by atoms with E-state index in [4.69, 9.17) is 0 Å². The molecule has 2 aromatic rings. The molecule has 0 spiro atoms. The Morgan fingerprint density at radius 3 is 2.42 bits per heavy atom. The van der Waals surface area contributed by atoms with Gasteiger partial charge in [0.25, 0.3) is 5.91 Å². The molecule has 4 nitrogen and oxygen atoms in total. The first kappa shape index (κ1) is 16.5. The van der Waals surface area contributed by atoms with Gasteiger partial charge in [0.05, 0.1) is 6.54 Å². The zero-order valence-electron chi connectivity index (χ0n) is 14.8. The molecule has 0 radical (unpaired) electrons. The van der Waals surface area contributed by atoms with E-state index in [1.54, 1.807) is 7.05 Å². The molecule has 0 bridgehead atoms. The highest BCUT2D eigenvalue weighted by atomic mass is 16.2. The third-order valence-electron chi connectivity index (χ3n) is 4.35. The Labute approximate surface area is 142 Å². The Balaban J connectivity index is 1.86. The van der Waals surface area contributed by atoms with E-state index in [2.05, 4.69) is 17.4 Å². The molecule has 1 aliphatic rings. The summed E-state index contributed by atoms with van der Waals surface area (Å²) >= 11 is 0. The number of hydrogen-bond acceptors (Lipinski definition) is 2. The number of hydrogen-bond donors (Lipinski definition) is 1. The average Bonchev–Trinajstić information content (AvgIpc) is 2.90. The number of benzene rings is 2. The molecular formula is C20H24N2O2. The van der Waals surface area contributed by atoms with Crippen LogP contribution < -0.4 is 5.32 Å². The maximum Gasteiger partial charge on any atom is 0.254 e. The molecule has 0 unspecified atom stereocenters. The first-order valence-corrected chi connectivity index (χ1v) is 8.36. The lowest BCUT2D eigenvalue weighted by Gasteiger charge is -2.23. The van der Waals surface area contributed by atoms with Crippen molar-refractivity contribution in [3.63, 3.8) is 0 Å². The summed E-state index contributed by atoms with van der Waals surface area (Å²) in [5, 5.41) is 5.10. The summed E-state index contributed by atoms with van der Waals surface area (Å²) < 4.78 is 0. The van der Waals surface area contributed by atoms with Gasteiger partial charge in [0.15, 0.2) is 0 Å². The number of likely N-dealkylation sites (N-methyl/N-ethyl adjacent to an activating group) is 1. The van der Waals surface area contributed by atoms with Crippen molar-refractivity contribution >= 4 is 22.6 Å². The van der Waals surface area contributed by atoms with Crippen LogP contribution in [0.3, 0.4) is 0 Å². The molecule has 3 rings (SSSR count). The predicted molar refractivity (Wildman–Crippen MR) is 96.2 cm³/mol. The van der Waals surface area contributed by atoms with Crippen molar-refractivity contribution in [2.75, 3.05) is 13.6 Å². The van der Waals surface area contributed by atoms with Crippen molar-refractivity contribution in [3.05, 3.63) is 47.0 Å². The molecule has 0 fully saturated rings. The van der Waals surface area contributed by atoms with Crippen molar-refractivity contribution in [2.45, 2.75) is 39.2 Å². The van der Waals surface area contributed by atoms with Gasteiger partial charge in [0.1, 0.15) is 0 Å². The summed E-state index contributed by atoms with van der Waals surface area (Å²) in [7, 11) is 1.67. The van der Waals surface area contributed by atoms with E-state index < -0.39 is 0 Å². The Morgan fingerprint density at radius 2 is 1.75 bits per heavy atom. The van der Waals surface area contributed by atoms with E-state index in [-0.39, 0.29) is 23.9 Å². The minimum Gasteiger partial charge on any atom is -0.350 e. The number of amides is 2. The van der Waals surface area contributed by atoms with Gasteiger partial charge in [0, 0.05) is 18.2 Å². The minimum absolute atomic E-state index is 0.0546. The first-order chi connectivity index (χ1) is 11.3. The second-order valence-electron chi connectivity index (χ2n) is 7.57. The summed E-state index contributed by atoms with van der Waals surface area (Å²) in [4.78, 5) is 26.4. The molecule has 1 N–H and O–H groups in total. The minimum atomic E-state index is -0.303. The van der Waals surface area contributed by atoms with Gasteiger partial charge in [-0.15, -0.1) is 0 Å². The SMILES string of the molecule is CN(CC(=O)NC(C)(C)C)C(=O)c1ccc2c3c(cccc13)CC2. The van der Waals surface area contributed by atoms with Gasteiger partial charge in [-0.25, -0.2) is 0 Å². The lowest BCUT2D eigenvalue weighted by Crippen LogP contribution is -2.46. The van der Waals surface area contributed by atoms with E-state index in [1.165, 1.54) is 21.4 Å². The van der Waals surface area contributed by atoms with Crippen LogP contribution in [0.1, 0.15) is 42.3 Å². The maximum absolute atomic E-state index is 12.8. The number of nitrogens with zero attached hydrogens (tertiary/aromatic N) is 1. The monoisotopic (exact) mass is 324 g/mol. The molecule has 0 aliphatic heterocycles. The number of nitrogens with one attached hydrogen (secondary N) is 1. The van der Waals surface area contributed by atoms with Crippen LogP contribution in [0.2, 0.25) is 0 Å².